The zero-order valence-corrected chi connectivity index (χ0v) is 14.5. The smallest absolute Gasteiger partial charge is 0.227 e. The van der Waals surface area contributed by atoms with Crippen molar-refractivity contribution in [2.24, 2.45) is 5.92 Å². The zero-order chi connectivity index (χ0) is 17.9. The van der Waals surface area contributed by atoms with Gasteiger partial charge in [-0.3, -0.25) is 4.79 Å². The predicted molar refractivity (Wildman–Crippen MR) is 97.9 cm³/mol. The van der Waals surface area contributed by atoms with Gasteiger partial charge < -0.3 is 10.2 Å². The molecule has 2 aromatic heterocycles. The largest absolute Gasteiger partial charge is 0.355 e. The third-order valence-electron chi connectivity index (χ3n) is 4.61. The predicted octanol–water partition coefficient (Wildman–Crippen LogP) is 1.98. The highest BCUT2D eigenvalue weighted by Gasteiger charge is 2.34. The van der Waals surface area contributed by atoms with Gasteiger partial charge in [0, 0.05) is 31.5 Å². The fourth-order valence-electron chi connectivity index (χ4n) is 3.03. The lowest BCUT2D eigenvalue weighted by atomic mass is 9.98. The summed E-state index contributed by atoms with van der Waals surface area (Å²) in [5, 5.41) is 7.27. The van der Waals surface area contributed by atoms with Crippen LogP contribution in [-0.2, 0) is 4.79 Å². The number of anilines is 1. The number of aromatic nitrogens is 4. The molecule has 0 saturated carbocycles. The van der Waals surface area contributed by atoms with E-state index in [-0.39, 0.29) is 17.9 Å². The number of hydrogen-bond donors (Lipinski definition) is 1. The van der Waals surface area contributed by atoms with Crippen molar-refractivity contribution in [3.8, 4) is 5.82 Å². The Balaban J connectivity index is 1.35. The van der Waals surface area contributed by atoms with Gasteiger partial charge in [-0.15, -0.1) is 0 Å². The van der Waals surface area contributed by atoms with Gasteiger partial charge in [-0.1, -0.05) is 30.3 Å². The maximum Gasteiger partial charge on any atom is 0.227 e. The number of nitrogens with zero attached hydrogens (tertiary/aromatic N) is 5. The summed E-state index contributed by atoms with van der Waals surface area (Å²) in [5.74, 6) is 1.58. The first kappa shape index (κ1) is 16.3. The van der Waals surface area contributed by atoms with Gasteiger partial charge in [0.2, 0.25) is 5.91 Å². The number of hydrogen-bond acceptors (Lipinski definition) is 5. The summed E-state index contributed by atoms with van der Waals surface area (Å²) in [7, 11) is 0. The van der Waals surface area contributed by atoms with E-state index in [2.05, 4.69) is 25.3 Å². The van der Waals surface area contributed by atoms with Crippen LogP contribution >= 0.6 is 0 Å². The van der Waals surface area contributed by atoms with Crippen LogP contribution in [0.5, 0.6) is 0 Å². The Kier molecular flexibility index (Phi) is 4.35. The zero-order valence-electron chi connectivity index (χ0n) is 14.5. The van der Waals surface area contributed by atoms with Crippen molar-refractivity contribution in [1.82, 2.24) is 25.1 Å². The van der Waals surface area contributed by atoms with Crippen LogP contribution in [-0.4, -0.2) is 38.7 Å². The summed E-state index contributed by atoms with van der Waals surface area (Å²) < 4.78 is 1.69. The van der Waals surface area contributed by atoms with Gasteiger partial charge in [0.15, 0.2) is 5.82 Å². The molecule has 3 heterocycles. The summed E-state index contributed by atoms with van der Waals surface area (Å²) in [6, 6.07) is 13.7. The van der Waals surface area contributed by atoms with Gasteiger partial charge in [0.05, 0.1) is 12.0 Å². The van der Waals surface area contributed by atoms with E-state index in [4.69, 9.17) is 0 Å². The second-order valence-corrected chi connectivity index (χ2v) is 6.43. The second kappa shape index (κ2) is 6.95. The Morgan fingerprint density at radius 2 is 1.92 bits per heavy atom. The average molecular weight is 348 g/mol. The van der Waals surface area contributed by atoms with Crippen LogP contribution in [0.15, 0.2) is 61.2 Å². The molecule has 1 unspecified atom stereocenters. The Hall–Kier alpha value is -3.22. The van der Waals surface area contributed by atoms with Gasteiger partial charge in [-0.2, -0.15) is 5.10 Å². The lowest BCUT2D eigenvalue weighted by Crippen LogP contribution is -2.54. The van der Waals surface area contributed by atoms with Gasteiger partial charge in [0.1, 0.15) is 12.1 Å². The van der Waals surface area contributed by atoms with E-state index in [0.29, 0.717) is 18.9 Å². The maximum absolute atomic E-state index is 12.5. The highest BCUT2D eigenvalue weighted by Crippen LogP contribution is 2.24. The highest BCUT2D eigenvalue weighted by atomic mass is 16.2. The molecule has 1 saturated heterocycles. The molecular formula is C19H20N6O. The Labute approximate surface area is 151 Å². The fourth-order valence-corrected chi connectivity index (χ4v) is 3.03. The van der Waals surface area contributed by atoms with Crippen LogP contribution < -0.4 is 10.2 Å². The normalized spacial score (nSPS) is 15.3. The van der Waals surface area contributed by atoms with Gasteiger partial charge in [-0.05, 0) is 18.6 Å². The molecule has 1 atom stereocenters. The van der Waals surface area contributed by atoms with Crippen molar-refractivity contribution >= 4 is 11.7 Å². The number of rotatable bonds is 5. The Bertz CT molecular complexity index is 874. The highest BCUT2D eigenvalue weighted by molar-refractivity contribution is 5.82. The van der Waals surface area contributed by atoms with E-state index >= 15 is 0 Å². The molecule has 0 aliphatic carbocycles. The van der Waals surface area contributed by atoms with Crippen LogP contribution in [0.4, 0.5) is 5.82 Å². The molecule has 3 aromatic rings. The van der Waals surface area contributed by atoms with Crippen molar-refractivity contribution < 1.29 is 4.79 Å². The van der Waals surface area contributed by atoms with Gasteiger partial charge in [-0.25, -0.2) is 14.6 Å². The molecule has 26 heavy (non-hydrogen) atoms. The summed E-state index contributed by atoms with van der Waals surface area (Å²) in [5.41, 5.74) is 1.11. The number of amides is 1. The van der Waals surface area contributed by atoms with E-state index in [1.807, 2.05) is 55.6 Å². The summed E-state index contributed by atoms with van der Waals surface area (Å²) in [4.78, 5) is 23.1. The number of benzene rings is 1. The van der Waals surface area contributed by atoms with Crippen LogP contribution in [0.1, 0.15) is 18.5 Å². The lowest BCUT2D eigenvalue weighted by Gasteiger charge is -2.39. The first-order chi connectivity index (χ1) is 12.7. The van der Waals surface area contributed by atoms with Crippen LogP contribution in [0.2, 0.25) is 0 Å². The second-order valence-electron chi connectivity index (χ2n) is 6.43. The molecule has 0 radical (unpaired) electrons. The third-order valence-corrected chi connectivity index (χ3v) is 4.61. The molecule has 4 rings (SSSR count). The lowest BCUT2D eigenvalue weighted by molar-refractivity contribution is -0.126. The van der Waals surface area contributed by atoms with Crippen molar-refractivity contribution in [3.05, 3.63) is 66.7 Å². The molecule has 1 aromatic carbocycles. The van der Waals surface area contributed by atoms with E-state index in [1.165, 1.54) is 6.33 Å². The van der Waals surface area contributed by atoms with Crippen LogP contribution in [0, 0.1) is 5.92 Å². The third kappa shape index (κ3) is 3.28. The number of carbonyl (C=O) groups is 1. The molecule has 1 aliphatic heterocycles. The van der Waals surface area contributed by atoms with Crippen molar-refractivity contribution in [1.29, 1.82) is 0 Å². The van der Waals surface area contributed by atoms with Crippen LogP contribution in [0.25, 0.3) is 5.82 Å². The van der Waals surface area contributed by atoms with E-state index < -0.39 is 0 Å². The molecule has 1 fully saturated rings. The molecule has 132 valence electrons. The van der Waals surface area contributed by atoms with Gasteiger partial charge in [0.25, 0.3) is 0 Å². The monoisotopic (exact) mass is 348 g/mol. The van der Waals surface area contributed by atoms with Crippen molar-refractivity contribution in [2.75, 3.05) is 18.0 Å². The SMILES string of the molecule is CC(NC(=O)C1CN(c2cc(-n3cccn3)ncn2)C1)c1ccccc1. The van der Waals surface area contributed by atoms with Crippen molar-refractivity contribution in [2.45, 2.75) is 13.0 Å². The summed E-state index contributed by atoms with van der Waals surface area (Å²) >= 11 is 0. The standard InChI is InChI=1S/C19H20N6O/c1-14(15-6-3-2-4-7-15)23-19(26)16-11-24(12-16)17-10-18(21-13-20-17)25-9-5-8-22-25/h2-10,13-14,16H,11-12H2,1H3,(H,23,26). The van der Waals surface area contributed by atoms with E-state index in [9.17, 15) is 4.79 Å². The Morgan fingerprint density at radius 3 is 2.65 bits per heavy atom. The minimum Gasteiger partial charge on any atom is -0.355 e. The molecule has 0 bridgehead atoms. The molecule has 0 spiro atoms. The van der Waals surface area contributed by atoms with E-state index in [1.54, 1.807) is 10.9 Å². The molecule has 1 amide bonds. The molecule has 7 heteroatoms. The van der Waals surface area contributed by atoms with Crippen molar-refractivity contribution in [3.63, 3.8) is 0 Å². The number of carbonyl (C=O) groups excluding carboxylic acids is 1. The quantitative estimate of drug-likeness (QED) is 0.763. The fraction of sp³-hybridized carbons (Fsp3) is 0.263. The molecule has 7 nitrogen and oxygen atoms in total. The maximum atomic E-state index is 12.5. The molecule has 1 N–H and O–H groups in total. The summed E-state index contributed by atoms with van der Waals surface area (Å²) in [6.45, 7) is 3.32. The minimum absolute atomic E-state index is 0.00298. The molecular weight excluding hydrogens is 328 g/mol. The van der Waals surface area contributed by atoms with Crippen LogP contribution in [0.3, 0.4) is 0 Å². The topological polar surface area (TPSA) is 75.9 Å². The first-order valence-electron chi connectivity index (χ1n) is 8.63. The average Bonchev–Trinajstić information content (AvgIpc) is 3.16. The van der Waals surface area contributed by atoms with Gasteiger partial charge >= 0.3 is 0 Å². The minimum atomic E-state index is -0.0238. The first-order valence-corrected chi connectivity index (χ1v) is 8.63. The molecule has 1 aliphatic rings. The number of nitrogens with one attached hydrogen (secondary N) is 1. The van der Waals surface area contributed by atoms with E-state index in [0.717, 1.165) is 11.4 Å². The summed E-state index contributed by atoms with van der Waals surface area (Å²) in [6.07, 6.45) is 5.07. The Morgan fingerprint density at radius 1 is 1.15 bits per heavy atom.